The van der Waals surface area contributed by atoms with Crippen LogP contribution in [0.25, 0.3) is 11.4 Å². The van der Waals surface area contributed by atoms with Gasteiger partial charge in [-0.05, 0) is 35.9 Å². The first-order valence-corrected chi connectivity index (χ1v) is 12.9. The monoisotopic (exact) mass is 619 g/mol. The van der Waals surface area contributed by atoms with E-state index in [-0.39, 0.29) is 30.0 Å². The summed E-state index contributed by atoms with van der Waals surface area (Å²) in [6.07, 6.45) is -13.0. The number of aromatic nitrogens is 3. The molecule has 2 atom stereocenters. The third-order valence-electron chi connectivity index (χ3n) is 6.63. The van der Waals surface area contributed by atoms with E-state index in [0.717, 1.165) is 12.1 Å². The summed E-state index contributed by atoms with van der Waals surface area (Å²) in [6.45, 7) is -1.46. The van der Waals surface area contributed by atoms with Crippen LogP contribution in [0.3, 0.4) is 0 Å². The van der Waals surface area contributed by atoms with Crippen molar-refractivity contribution in [1.29, 1.82) is 0 Å². The van der Waals surface area contributed by atoms with Crippen LogP contribution in [0.4, 0.5) is 31.1 Å². The van der Waals surface area contributed by atoms with Crippen LogP contribution in [-0.2, 0) is 24.1 Å². The molecule has 4 rings (SSSR count). The van der Waals surface area contributed by atoms with Crippen molar-refractivity contribution in [3.05, 3.63) is 75.2 Å². The lowest BCUT2D eigenvalue weighted by atomic mass is 9.91. The molecule has 0 aliphatic carbocycles. The molecule has 0 bridgehead atoms. The molecule has 3 aromatic rings. The van der Waals surface area contributed by atoms with Crippen molar-refractivity contribution in [2.24, 2.45) is 0 Å². The first-order chi connectivity index (χ1) is 19.6. The second-order valence-corrected chi connectivity index (χ2v) is 10.1. The van der Waals surface area contributed by atoms with Crippen LogP contribution >= 0.6 is 11.6 Å². The number of aliphatic hydroxyl groups excluding tert-OH is 1. The zero-order chi connectivity index (χ0) is 30.8. The number of carbonyl (C=O) groups is 2. The van der Waals surface area contributed by atoms with E-state index in [4.69, 9.17) is 11.6 Å². The van der Waals surface area contributed by atoms with Crippen molar-refractivity contribution < 1.29 is 41.0 Å². The van der Waals surface area contributed by atoms with E-state index in [0.29, 0.717) is 20.8 Å². The zero-order valence-electron chi connectivity index (χ0n) is 21.6. The summed E-state index contributed by atoms with van der Waals surface area (Å²) in [7, 11) is 0. The number of carbonyl (C=O) groups excluding carboxylic acids is 2. The van der Waals surface area contributed by atoms with E-state index < -0.39 is 67.0 Å². The highest BCUT2D eigenvalue weighted by Gasteiger charge is 2.39. The van der Waals surface area contributed by atoms with Crippen LogP contribution in [0.15, 0.2) is 53.3 Å². The van der Waals surface area contributed by atoms with E-state index >= 15 is 0 Å². The number of benzene rings is 2. The Labute approximate surface area is 239 Å². The summed E-state index contributed by atoms with van der Waals surface area (Å²) in [4.78, 5) is 39.7. The summed E-state index contributed by atoms with van der Waals surface area (Å²) in [5.74, 6) is -1.84. The molecule has 0 spiro atoms. The minimum atomic E-state index is -5.05. The fraction of sp³-hybridized carbons (Fsp3) is 0.385. The number of alkyl halides is 6. The highest BCUT2D eigenvalue weighted by molar-refractivity contribution is 6.30. The van der Waals surface area contributed by atoms with Crippen LogP contribution in [0.1, 0.15) is 23.5 Å². The van der Waals surface area contributed by atoms with Gasteiger partial charge in [0.2, 0.25) is 0 Å². The maximum atomic E-state index is 13.4. The lowest BCUT2D eigenvalue weighted by molar-refractivity contribution is -0.207. The molecule has 16 heteroatoms. The predicted octanol–water partition coefficient (Wildman–Crippen LogP) is 4.08. The normalized spacial score (nSPS) is 15.5. The smallest absolute Gasteiger partial charge is 0.382 e. The van der Waals surface area contributed by atoms with Crippen LogP contribution in [0, 0.1) is 0 Å². The number of Topliss-reactive ketones (excluding diaryl/α,β-unsaturated/α-hetero) is 1. The quantitative estimate of drug-likeness (QED) is 0.333. The van der Waals surface area contributed by atoms with Crippen LogP contribution in [0.5, 0.6) is 0 Å². The van der Waals surface area contributed by atoms with E-state index in [1.54, 1.807) is 0 Å². The number of ketones is 1. The van der Waals surface area contributed by atoms with Crippen LogP contribution in [0.2, 0.25) is 5.02 Å². The lowest BCUT2D eigenvalue weighted by Crippen LogP contribution is -2.37. The molecule has 226 valence electrons. The van der Waals surface area contributed by atoms with Crippen molar-refractivity contribution >= 4 is 23.4 Å². The third-order valence-corrected chi connectivity index (χ3v) is 6.88. The Hall–Kier alpha value is -3.85. The van der Waals surface area contributed by atoms with Gasteiger partial charge in [0.25, 0.3) is 0 Å². The minimum absolute atomic E-state index is 0.101. The number of nitrogens with zero attached hydrogens (tertiary/aromatic N) is 4. The number of aliphatic hydroxyl groups is 1. The zero-order valence-corrected chi connectivity index (χ0v) is 22.4. The molecule has 2 N–H and O–H groups in total. The van der Waals surface area contributed by atoms with Gasteiger partial charge in [0.05, 0.1) is 12.1 Å². The highest BCUT2D eigenvalue weighted by Crippen LogP contribution is 2.32. The molecule has 1 aromatic heterocycles. The summed E-state index contributed by atoms with van der Waals surface area (Å²) < 4.78 is 80.6. The number of halogens is 7. The van der Waals surface area contributed by atoms with Gasteiger partial charge >= 0.3 is 24.1 Å². The molecule has 1 unspecified atom stereocenters. The van der Waals surface area contributed by atoms with E-state index in [1.165, 1.54) is 41.3 Å². The Kier molecular flexibility index (Phi) is 9.01. The van der Waals surface area contributed by atoms with E-state index in [1.807, 2.05) is 0 Å². The Morgan fingerprint density at radius 1 is 1.05 bits per heavy atom. The molecule has 2 aromatic carbocycles. The maximum absolute atomic E-state index is 13.4. The molecule has 9 nitrogen and oxygen atoms in total. The van der Waals surface area contributed by atoms with Gasteiger partial charge in [-0.25, -0.2) is 14.3 Å². The number of amides is 2. The summed E-state index contributed by atoms with van der Waals surface area (Å²) in [5, 5.41) is 16.5. The molecule has 0 saturated carbocycles. The number of hydrogen-bond acceptors (Lipinski definition) is 5. The van der Waals surface area contributed by atoms with Gasteiger partial charge in [0.15, 0.2) is 17.7 Å². The van der Waals surface area contributed by atoms with Gasteiger partial charge in [-0.1, -0.05) is 29.8 Å². The van der Waals surface area contributed by atoms with Crippen molar-refractivity contribution in [2.45, 2.75) is 43.9 Å². The SMILES string of the molecule is O=C(CC(CN1CCNC1=O)c1cccc(C(F)(F)F)c1)Cn1nc(-c2ccc(Cl)cc2)n(C[C@H](O)C(F)(F)F)c1=O. The number of hydrogen-bond donors (Lipinski definition) is 2. The second kappa shape index (κ2) is 12.2. The molecule has 0 radical (unpaired) electrons. The first-order valence-electron chi connectivity index (χ1n) is 12.5. The molecule has 42 heavy (non-hydrogen) atoms. The third kappa shape index (κ3) is 7.31. The predicted molar refractivity (Wildman–Crippen MR) is 138 cm³/mol. The highest BCUT2D eigenvalue weighted by atomic mass is 35.5. The molecule has 1 aliphatic heterocycles. The molecule has 2 amide bonds. The molecule has 2 heterocycles. The largest absolute Gasteiger partial charge is 0.416 e. The number of rotatable bonds is 10. The number of nitrogens with one attached hydrogen (secondary N) is 1. The van der Waals surface area contributed by atoms with Crippen molar-refractivity contribution in [2.75, 3.05) is 19.6 Å². The van der Waals surface area contributed by atoms with E-state index in [2.05, 4.69) is 10.4 Å². The topological polar surface area (TPSA) is 109 Å². The van der Waals surface area contributed by atoms with Crippen LogP contribution < -0.4 is 11.0 Å². The van der Waals surface area contributed by atoms with Gasteiger partial charge in [0, 0.05) is 42.6 Å². The second-order valence-electron chi connectivity index (χ2n) is 9.68. The Balaban J connectivity index is 1.64. The summed E-state index contributed by atoms with van der Waals surface area (Å²) >= 11 is 5.87. The Bertz CT molecular complexity index is 1500. The Morgan fingerprint density at radius 2 is 1.74 bits per heavy atom. The Morgan fingerprint density at radius 3 is 2.33 bits per heavy atom. The molecule has 1 saturated heterocycles. The molecule has 1 fully saturated rings. The average Bonchev–Trinajstić information content (AvgIpc) is 3.45. The maximum Gasteiger partial charge on any atom is 0.416 e. The fourth-order valence-electron chi connectivity index (χ4n) is 4.51. The number of urea groups is 1. The molecule has 1 aliphatic rings. The lowest BCUT2D eigenvalue weighted by Gasteiger charge is -2.23. The first kappa shape index (κ1) is 31.1. The fourth-order valence-corrected chi connectivity index (χ4v) is 4.64. The van der Waals surface area contributed by atoms with Gasteiger partial charge in [-0.15, -0.1) is 5.10 Å². The van der Waals surface area contributed by atoms with Gasteiger partial charge < -0.3 is 15.3 Å². The molecular weight excluding hydrogens is 596 g/mol. The average molecular weight is 620 g/mol. The standard InChI is InChI=1S/C26H24ClF6N5O4/c27-19-6-4-15(5-7-19)22-35-38(24(42)37(22)14-21(40)26(31,32)33)13-20(39)11-17(12-36-9-8-34-23(36)41)16-2-1-3-18(10-16)25(28,29)30/h1-7,10,17,21,40H,8-9,11-14H2,(H,34,41)/t17?,21-/m0/s1. The van der Waals surface area contributed by atoms with Crippen molar-refractivity contribution in [3.8, 4) is 11.4 Å². The van der Waals surface area contributed by atoms with Gasteiger partial charge in [-0.2, -0.15) is 26.3 Å². The summed E-state index contributed by atoms with van der Waals surface area (Å²) in [6, 6.07) is 9.44. The van der Waals surface area contributed by atoms with Crippen LogP contribution in [-0.4, -0.2) is 68.1 Å². The summed E-state index contributed by atoms with van der Waals surface area (Å²) in [5.41, 5.74) is -1.76. The van der Waals surface area contributed by atoms with Crippen molar-refractivity contribution in [3.63, 3.8) is 0 Å². The molecular formula is C26H24ClF6N5O4. The minimum Gasteiger partial charge on any atom is -0.382 e. The van der Waals surface area contributed by atoms with Gasteiger partial charge in [0.1, 0.15) is 6.54 Å². The van der Waals surface area contributed by atoms with Crippen molar-refractivity contribution in [1.82, 2.24) is 24.6 Å². The van der Waals surface area contributed by atoms with Gasteiger partial charge in [-0.3, -0.25) is 9.36 Å². The van der Waals surface area contributed by atoms with E-state index in [9.17, 15) is 45.8 Å².